The Morgan fingerprint density at radius 1 is 1.07 bits per heavy atom. The van der Waals surface area contributed by atoms with Crippen molar-refractivity contribution >= 4 is 29.2 Å². The first-order valence-electron chi connectivity index (χ1n) is 8.76. The van der Waals surface area contributed by atoms with E-state index >= 15 is 0 Å². The van der Waals surface area contributed by atoms with Crippen molar-refractivity contribution in [2.75, 3.05) is 5.32 Å². The van der Waals surface area contributed by atoms with Crippen LogP contribution in [0.3, 0.4) is 0 Å². The van der Waals surface area contributed by atoms with Crippen molar-refractivity contribution in [3.05, 3.63) is 76.6 Å². The van der Waals surface area contributed by atoms with E-state index in [-0.39, 0.29) is 0 Å². The summed E-state index contributed by atoms with van der Waals surface area (Å²) >= 11 is 5.83. The summed E-state index contributed by atoms with van der Waals surface area (Å²) in [4.78, 5) is 25.0. The molecule has 7 heteroatoms. The highest BCUT2D eigenvalue weighted by molar-refractivity contribution is 6.30. The number of aryl methyl sites for hydroxylation is 1. The van der Waals surface area contributed by atoms with E-state index in [4.69, 9.17) is 16.3 Å². The van der Waals surface area contributed by atoms with Crippen LogP contribution in [0.4, 0.5) is 5.69 Å². The van der Waals surface area contributed by atoms with Gasteiger partial charge in [-0.1, -0.05) is 29.8 Å². The highest BCUT2D eigenvalue weighted by atomic mass is 35.5. The highest BCUT2D eigenvalue weighted by Crippen LogP contribution is 2.20. The summed E-state index contributed by atoms with van der Waals surface area (Å²) in [6.45, 7) is 5.05. The molecule has 0 aliphatic rings. The fourth-order valence-corrected chi connectivity index (χ4v) is 2.93. The van der Waals surface area contributed by atoms with Crippen LogP contribution in [0.1, 0.15) is 28.7 Å². The van der Waals surface area contributed by atoms with Crippen molar-refractivity contribution in [3.63, 3.8) is 0 Å². The number of halogens is 1. The standard InChI is InChI=1S/C21H20ClN3O3/c1-13-19(14(2)25(24-13)18-7-5-4-6-8-18)21(27)28-15(3)20(26)23-17-11-9-16(22)10-12-17/h4-12,15H,1-3H3,(H,23,26)/t15-/m0/s1. The topological polar surface area (TPSA) is 73.2 Å². The molecule has 1 heterocycles. The molecule has 1 N–H and O–H groups in total. The molecule has 2 aromatic carbocycles. The summed E-state index contributed by atoms with van der Waals surface area (Å²) in [5.74, 6) is -1.02. The number of nitrogens with one attached hydrogen (secondary N) is 1. The molecule has 0 fully saturated rings. The average molecular weight is 398 g/mol. The first-order valence-corrected chi connectivity index (χ1v) is 9.13. The van der Waals surface area contributed by atoms with Crippen LogP contribution in [-0.2, 0) is 9.53 Å². The minimum atomic E-state index is -0.970. The molecule has 0 radical (unpaired) electrons. The maximum Gasteiger partial charge on any atom is 0.342 e. The van der Waals surface area contributed by atoms with Gasteiger partial charge in [-0.15, -0.1) is 0 Å². The van der Waals surface area contributed by atoms with Crippen LogP contribution in [0.25, 0.3) is 5.69 Å². The van der Waals surface area contributed by atoms with Crippen LogP contribution in [-0.4, -0.2) is 27.8 Å². The number of hydrogen-bond acceptors (Lipinski definition) is 4. The first-order chi connectivity index (χ1) is 13.4. The predicted octanol–water partition coefficient (Wildman–Crippen LogP) is 4.33. The maximum atomic E-state index is 12.7. The van der Waals surface area contributed by atoms with Gasteiger partial charge in [0.25, 0.3) is 5.91 Å². The lowest BCUT2D eigenvalue weighted by molar-refractivity contribution is -0.123. The maximum absolute atomic E-state index is 12.7. The Bertz CT molecular complexity index is 998. The molecule has 0 bridgehead atoms. The second kappa shape index (κ2) is 8.27. The second-order valence-corrected chi connectivity index (χ2v) is 6.77. The predicted molar refractivity (Wildman–Crippen MR) is 108 cm³/mol. The van der Waals surface area contributed by atoms with E-state index in [2.05, 4.69) is 10.4 Å². The Hall–Kier alpha value is -3.12. The molecule has 0 spiro atoms. The van der Waals surface area contributed by atoms with Gasteiger partial charge in [-0.3, -0.25) is 4.79 Å². The Morgan fingerprint density at radius 2 is 1.71 bits per heavy atom. The van der Waals surface area contributed by atoms with Gasteiger partial charge in [0.15, 0.2) is 6.10 Å². The first kappa shape index (κ1) is 19.6. The van der Waals surface area contributed by atoms with E-state index in [0.29, 0.717) is 27.7 Å². The quantitative estimate of drug-likeness (QED) is 0.650. The normalized spacial score (nSPS) is 11.7. The molecule has 0 saturated heterocycles. The van der Waals surface area contributed by atoms with Gasteiger partial charge in [-0.2, -0.15) is 5.10 Å². The van der Waals surface area contributed by atoms with Gasteiger partial charge in [0, 0.05) is 10.7 Å². The van der Waals surface area contributed by atoms with Crippen molar-refractivity contribution < 1.29 is 14.3 Å². The van der Waals surface area contributed by atoms with Gasteiger partial charge in [-0.25, -0.2) is 9.48 Å². The number of ether oxygens (including phenoxy) is 1. The van der Waals surface area contributed by atoms with E-state index in [9.17, 15) is 9.59 Å². The summed E-state index contributed by atoms with van der Waals surface area (Å²) < 4.78 is 7.06. The lowest BCUT2D eigenvalue weighted by Crippen LogP contribution is -2.30. The van der Waals surface area contributed by atoms with Crippen molar-refractivity contribution in [2.45, 2.75) is 26.9 Å². The number of carbonyl (C=O) groups is 2. The number of hydrogen-bond donors (Lipinski definition) is 1. The van der Waals surface area contributed by atoms with Crippen LogP contribution < -0.4 is 5.32 Å². The van der Waals surface area contributed by atoms with Gasteiger partial charge in [0.05, 0.1) is 17.1 Å². The number of carbonyl (C=O) groups excluding carboxylic acids is 2. The van der Waals surface area contributed by atoms with Crippen LogP contribution in [0.2, 0.25) is 5.02 Å². The third-order valence-corrected chi connectivity index (χ3v) is 4.51. The average Bonchev–Trinajstić information content (AvgIpc) is 2.98. The van der Waals surface area contributed by atoms with Gasteiger partial charge in [-0.05, 0) is 57.2 Å². The zero-order valence-electron chi connectivity index (χ0n) is 15.8. The Kier molecular flexibility index (Phi) is 5.80. The van der Waals surface area contributed by atoms with E-state index in [0.717, 1.165) is 5.69 Å². The molecule has 3 rings (SSSR count). The van der Waals surface area contributed by atoms with Crippen LogP contribution in [0, 0.1) is 13.8 Å². The molecule has 144 valence electrons. The molecule has 6 nitrogen and oxygen atoms in total. The summed E-state index contributed by atoms with van der Waals surface area (Å²) in [5, 5.41) is 7.69. The minimum absolute atomic E-state index is 0.356. The van der Waals surface area contributed by atoms with E-state index < -0.39 is 18.0 Å². The second-order valence-electron chi connectivity index (χ2n) is 6.34. The Balaban J connectivity index is 1.73. The molecule has 1 aromatic heterocycles. The number of amides is 1. The van der Waals surface area contributed by atoms with E-state index in [1.165, 1.54) is 6.92 Å². The van der Waals surface area contributed by atoms with E-state index in [1.54, 1.807) is 42.8 Å². The lowest BCUT2D eigenvalue weighted by Gasteiger charge is -2.14. The fourth-order valence-electron chi connectivity index (χ4n) is 2.81. The zero-order chi connectivity index (χ0) is 20.3. The van der Waals surface area contributed by atoms with Crippen LogP contribution in [0.15, 0.2) is 54.6 Å². The molecule has 3 aromatic rings. The summed E-state index contributed by atoms with van der Waals surface area (Å²) in [6.07, 6.45) is -0.970. The van der Waals surface area contributed by atoms with Gasteiger partial charge in [0.1, 0.15) is 5.56 Å². The summed E-state index contributed by atoms with van der Waals surface area (Å²) in [6, 6.07) is 16.2. The highest BCUT2D eigenvalue weighted by Gasteiger charge is 2.25. The van der Waals surface area contributed by atoms with Crippen molar-refractivity contribution in [1.82, 2.24) is 9.78 Å². The lowest BCUT2D eigenvalue weighted by atomic mass is 10.2. The fraction of sp³-hybridized carbons (Fsp3) is 0.190. The minimum Gasteiger partial charge on any atom is -0.449 e. The number of nitrogens with zero attached hydrogens (tertiary/aromatic N) is 2. The zero-order valence-corrected chi connectivity index (χ0v) is 16.5. The van der Waals surface area contributed by atoms with Crippen LogP contribution >= 0.6 is 11.6 Å². The molecule has 0 saturated carbocycles. The van der Waals surface area contributed by atoms with Crippen molar-refractivity contribution in [1.29, 1.82) is 0 Å². The number of aromatic nitrogens is 2. The molecular formula is C21H20ClN3O3. The molecule has 0 unspecified atom stereocenters. The number of benzene rings is 2. The van der Waals surface area contributed by atoms with Gasteiger partial charge in [0.2, 0.25) is 0 Å². The van der Waals surface area contributed by atoms with Gasteiger partial charge < -0.3 is 10.1 Å². The molecule has 28 heavy (non-hydrogen) atoms. The molecule has 1 amide bonds. The molecular weight excluding hydrogens is 378 g/mol. The van der Waals surface area contributed by atoms with Gasteiger partial charge >= 0.3 is 5.97 Å². The van der Waals surface area contributed by atoms with E-state index in [1.807, 2.05) is 30.3 Å². The third-order valence-electron chi connectivity index (χ3n) is 4.26. The number of esters is 1. The third kappa shape index (κ3) is 4.23. The monoisotopic (exact) mass is 397 g/mol. The Labute approximate surface area is 168 Å². The largest absolute Gasteiger partial charge is 0.449 e. The summed E-state index contributed by atoms with van der Waals surface area (Å²) in [5.41, 5.74) is 2.96. The molecule has 0 aliphatic carbocycles. The smallest absolute Gasteiger partial charge is 0.342 e. The van der Waals surface area contributed by atoms with Crippen molar-refractivity contribution in [3.8, 4) is 5.69 Å². The van der Waals surface area contributed by atoms with Crippen molar-refractivity contribution in [2.24, 2.45) is 0 Å². The summed E-state index contributed by atoms with van der Waals surface area (Å²) in [7, 11) is 0. The SMILES string of the molecule is Cc1nn(-c2ccccc2)c(C)c1C(=O)O[C@@H](C)C(=O)Nc1ccc(Cl)cc1. The molecule has 0 aliphatic heterocycles. The number of rotatable bonds is 5. The molecule has 1 atom stereocenters. The Morgan fingerprint density at radius 3 is 2.36 bits per heavy atom. The number of anilines is 1. The number of para-hydroxylation sites is 1. The van der Waals surface area contributed by atoms with Crippen LogP contribution in [0.5, 0.6) is 0 Å².